The number of hydrogen-bond donors (Lipinski definition) is 1. The third-order valence-electron chi connectivity index (χ3n) is 3.23. The van der Waals surface area contributed by atoms with Crippen LogP contribution in [0.25, 0.3) is 11.3 Å². The monoisotopic (exact) mass is 375 g/mol. The normalized spacial score (nSPS) is 10.6. The standard InChI is InChI=1S/C16H14BrN3OS/c1-2-20-9-12(17)8-14(20)15(21)19-16-18-13(10-22-16)11-6-4-3-5-7-11/h3-10H,2H2,1H3,(H,18,19,21). The molecule has 3 aromatic rings. The van der Waals surface area contributed by atoms with E-state index < -0.39 is 0 Å². The number of thiazole rings is 1. The summed E-state index contributed by atoms with van der Waals surface area (Å²) in [6.07, 6.45) is 1.90. The van der Waals surface area contributed by atoms with Gasteiger partial charge in [-0.15, -0.1) is 11.3 Å². The fraction of sp³-hybridized carbons (Fsp3) is 0.125. The van der Waals surface area contributed by atoms with Crippen LogP contribution in [0.5, 0.6) is 0 Å². The average Bonchev–Trinajstić information content (AvgIpc) is 3.14. The highest BCUT2D eigenvalue weighted by molar-refractivity contribution is 9.10. The van der Waals surface area contributed by atoms with Crippen molar-refractivity contribution in [3.8, 4) is 11.3 Å². The summed E-state index contributed by atoms with van der Waals surface area (Å²) in [7, 11) is 0. The number of nitrogens with one attached hydrogen (secondary N) is 1. The molecule has 0 radical (unpaired) electrons. The second-order valence-electron chi connectivity index (χ2n) is 4.69. The maximum atomic E-state index is 12.4. The minimum atomic E-state index is -0.151. The zero-order chi connectivity index (χ0) is 15.5. The maximum absolute atomic E-state index is 12.4. The summed E-state index contributed by atoms with van der Waals surface area (Å²) in [6.45, 7) is 2.74. The third kappa shape index (κ3) is 3.13. The molecule has 2 aromatic heterocycles. The quantitative estimate of drug-likeness (QED) is 0.721. The number of rotatable bonds is 4. The van der Waals surface area contributed by atoms with E-state index >= 15 is 0 Å². The van der Waals surface area contributed by atoms with Crippen LogP contribution in [0.2, 0.25) is 0 Å². The lowest BCUT2D eigenvalue weighted by molar-refractivity contribution is 0.101. The first kappa shape index (κ1) is 15.0. The lowest BCUT2D eigenvalue weighted by Crippen LogP contribution is -2.16. The topological polar surface area (TPSA) is 46.9 Å². The number of nitrogens with zero attached hydrogens (tertiary/aromatic N) is 2. The number of amides is 1. The Morgan fingerprint density at radius 2 is 2.14 bits per heavy atom. The van der Waals surface area contributed by atoms with E-state index in [1.165, 1.54) is 11.3 Å². The molecule has 0 aliphatic heterocycles. The molecule has 1 aromatic carbocycles. The van der Waals surface area contributed by atoms with Crippen molar-refractivity contribution < 1.29 is 4.79 Å². The van der Waals surface area contributed by atoms with E-state index in [2.05, 4.69) is 26.2 Å². The number of hydrogen-bond acceptors (Lipinski definition) is 3. The van der Waals surface area contributed by atoms with Crippen molar-refractivity contribution in [1.29, 1.82) is 0 Å². The summed E-state index contributed by atoms with van der Waals surface area (Å²) < 4.78 is 2.79. The van der Waals surface area contributed by atoms with Gasteiger partial charge in [0.05, 0.1) is 5.69 Å². The van der Waals surface area contributed by atoms with Crippen molar-refractivity contribution >= 4 is 38.3 Å². The highest BCUT2D eigenvalue weighted by Gasteiger charge is 2.14. The molecule has 0 spiro atoms. The number of aryl methyl sites for hydroxylation is 1. The lowest BCUT2D eigenvalue weighted by atomic mass is 10.2. The molecule has 3 rings (SSSR count). The molecule has 0 atom stereocenters. The molecular weight excluding hydrogens is 362 g/mol. The van der Waals surface area contributed by atoms with Gasteiger partial charge < -0.3 is 4.57 Å². The summed E-state index contributed by atoms with van der Waals surface area (Å²) in [5, 5.41) is 5.41. The molecular formula is C16H14BrN3OS. The average molecular weight is 376 g/mol. The zero-order valence-electron chi connectivity index (χ0n) is 11.9. The van der Waals surface area contributed by atoms with Crippen LogP contribution in [-0.2, 0) is 6.54 Å². The highest BCUT2D eigenvalue weighted by Crippen LogP contribution is 2.25. The van der Waals surface area contributed by atoms with Crippen LogP contribution >= 0.6 is 27.3 Å². The largest absolute Gasteiger partial charge is 0.343 e. The van der Waals surface area contributed by atoms with Gasteiger partial charge in [-0.2, -0.15) is 0 Å². The van der Waals surface area contributed by atoms with E-state index in [4.69, 9.17) is 0 Å². The minimum Gasteiger partial charge on any atom is -0.343 e. The fourth-order valence-corrected chi connectivity index (χ4v) is 3.34. The zero-order valence-corrected chi connectivity index (χ0v) is 14.3. The Labute approximate surface area is 140 Å². The van der Waals surface area contributed by atoms with Gasteiger partial charge in [0.2, 0.25) is 0 Å². The van der Waals surface area contributed by atoms with Crippen molar-refractivity contribution in [3.63, 3.8) is 0 Å². The van der Waals surface area contributed by atoms with Crippen LogP contribution in [0, 0.1) is 0 Å². The number of benzene rings is 1. The number of carbonyl (C=O) groups is 1. The van der Waals surface area contributed by atoms with Crippen molar-refractivity contribution in [2.45, 2.75) is 13.5 Å². The summed E-state index contributed by atoms with van der Waals surface area (Å²) in [5.74, 6) is -0.151. The molecule has 0 saturated heterocycles. The number of aromatic nitrogens is 2. The fourth-order valence-electron chi connectivity index (χ4n) is 2.16. The van der Waals surface area contributed by atoms with E-state index in [1.807, 2.05) is 59.5 Å². The molecule has 4 nitrogen and oxygen atoms in total. The Morgan fingerprint density at radius 3 is 2.86 bits per heavy atom. The Kier molecular flexibility index (Phi) is 4.40. The maximum Gasteiger partial charge on any atom is 0.274 e. The molecule has 0 aliphatic rings. The molecule has 0 fully saturated rings. The predicted molar refractivity (Wildman–Crippen MR) is 93.3 cm³/mol. The SMILES string of the molecule is CCn1cc(Br)cc1C(=O)Nc1nc(-c2ccccc2)cs1. The second-order valence-corrected chi connectivity index (χ2v) is 6.46. The van der Waals surface area contributed by atoms with Gasteiger partial charge in [-0.05, 0) is 28.9 Å². The van der Waals surface area contributed by atoms with E-state index in [0.717, 1.165) is 22.3 Å². The van der Waals surface area contributed by atoms with Gasteiger partial charge in [-0.1, -0.05) is 30.3 Å². The molecule has 112 valence electrons. The molecule has 6 heteroatoms. The van der Waals surface area contributed by atoms with Crippen LogP contribution in [0.4, 0.5) is 5.13 Å². The van der Waals surface area contributed by atoms with Gasteiger partial charge in [0, 0.05) is 28.2 Å². The first-order valence-corrected chi connectivity index (χ1v) is 8.52. The Hall–Kier alpha value is -1.92. The molecule has 0 bridgehead atoms. The van der Waals surface area contributed by atoms with Gasteiger partial charge in [0.15, 0.2) is 5.13 Å². The molecule has 2 heterocycles. The highest BCUT2D eigenvalue weighted by atomic mass is 79.9. The van der Waals surface area contributed by atoms with Crippen molar-refractivity contribution in [2.75, 3.05) is 5.32 Å². The molecule has 0 unspecified atom stereocenters. The summed E-state index contributed by atoms with van der Waals surface area (Å²) in [5.41, 5.74) is 2.53. The van der Waals surface area contributed by atoms with Crippen LogP contribution < -0.4 is 5.32 Å². The number of carbonyl (C=O) groups excluding carboxylic acids is 1. The van der Waals surface area contributed by atoms with E-state index in [0.29, 0.717) is 10.8 Å². The second kappa shape index (κ2) is 6.46. The minimum absolute atomic E-state index is 0.151. The van der Waals surface area contributed by atoms with Crippen molar-refractivity contribution in [2.24, 2.45) is 0 Å². The van der Waals surface area contributed by atoms with Gasteiger partial charge in [0.25, 0.3) is 5.91 Å². The first-order valence-electron chi connectivity index (χ1n) is 6.85. The van der Waals surface area contributed by atoms with E-state index in [-0.39, 0.29) is 5.91 Å². The molecule has 1 N–H and O–H groups in total. The van der Waals surface area contributed by atoms with Gasteiger partial charge >= 0.3 is 0 Å². The van der Waals surface area contributed by atoms with Crippen LogP contribution in [0.15, 0.2) is 52.4 Å². The van der Waals surface area contributed by atoms with Crippen LogP contribution in [0.3, 0.4) is 0 Å². The Morgan fingerprint density at radius 1 is 1.36 bits per heavy atom. The molecule has 0 aliphatic carbocycles. The Balaban J connectivity index is 1.79. The lowest BCUT2D eigenvalue weighted by Gasteiger charge is -2.05. The third-order valence-corrected chi connectivity index (χ3v) is 4.42. The van der Waals surface area contributed by atoms with Crippen LogP contribution in [0.1, 0.15) is 17.4 Å². The smallest absolute Gasteiger partial charge is 0.274 e. The van der Waals surface area contributed by atoms with E-state index in [1.54, 1.807) is 0 Å². The van der Waals surface area contributed by atoms with Gasteiger partial charge in [-0.25, -0.2) is 4.98 Å². The van der Waals surface area contributed by atoms with Gasteiger partial charge in [-0.3, -0.25) is 10.1 Å². The summed E-state index contributed by atoms with van der Waals surface area (Å²) in [6, 6.07) is 11.7. The summed E-state index contributed by atoms with van der Waals surface area (Å²) in [4.78, 5) is 16.8. The van der Waals surface area contributed by atoms with E-state index in [9.17, 15) is 4.79 Å². The number of halogens is 1. The van der Waals surface area contributed by atoms with Crippen LogP contribution in [-0.4, -0.2) is 15.5 Å². The Bertz CT molecular complexity index is 795. The van der Waals surface area contributed by atoms with Crippen molar-refractivity contribution in [3.05, 3.63) is 58.1 Å². The molecule has 22 heavy (non-hydrogen) atoms. The molecule has 0 saturated carbocycles. The first-order chi connectivity index (χ1) is 10.7. The number of anilines is 1. The molecule has 1 amide bonds. The predicted octanol–water partition coefficient (Wildman–Crippen LogP) is 4.65. The van der Waals surface area contributed by atoms with Gasteiger partial charge in [0.1, 0.15) is 5.69 Å². The summed E-state index contributed by atoms with van der Waals surface area (Å²) >= 11 is 4.82. The van der Waals surface area contributed by atoms with Crippen molar-refractivity contribution in [1.82, 2.24) is 9.55 Å².